The first kappa shape index (κ1) is 14.7. The molecule has 0 bridgehead atoms. The lowest BCUT2D eigenvalue weighted by Crippen LogP contribution is -2.29. The third kappa shape index (κ3) is 2.92. The van der Waals surface area contributed by atoms with Crippen LogP contribution in [-0.2, 0) is 0 Å². The maximum absolute atomic E-state index is 9.53. The molecule has 0 fully saturated rings. The average Bonchev–Trinajstić information content (AvgIpc) is 2.47. The van der Waals surface area contributed by atoms with Crippen LogP contribution in [0.25, 0.3) is 0 Å². The quantitative estimate of drug-likeness (QED) is 0.710. The molecule has 0 saturated carbocycles. The van der Waals surface area contributed by atoms with Gasteiger partial charge >= 0.3 is 0 Å². The second kappa shape index (κ2) is 6.57. The molecule has 0 spiro atoms. The number of nitriles is 2. The van der Waals surface area contributed by atoms with E-state index in [9.17, 15) is 10.5 Å². The Kier molecular flexibility index (Phi) is 5.10. The lowest BCUT2D eigenvalue weighted by molar-refractivity contribution is 0.352. The molecule has 2 nitrogen and oxygen atoms in total. The van der Waals surface area contributed by atoms with Gasteiger partial charge in [0, 0.05) is 5.92 Å². The molecule has 0 aliphatic carbocycles. The largest absolute Gasteiger partial charge is 0.197 e. The van der Waals surface area contributed by atoms with Crippen molar-refractivity contribution in [1.29, 1.82) is 10.5 Å². The number of benzene rings is 1. The molecular weight excluding hydrogens is 232 g/mol. The number of hydrogen-bond donors (Lipinski definition) is 0. The Labute approximate surface area is 115 Å². The van der Waals surface area contributed by atoms with Crippen molar-refractivity contribution in [2.75, 3.05) is 0 Å². The molecule has 2 heteroatoms. The van der Waals surface area contributed by atoms with Crippen LogP contribution in [-0.4, -0.2) is 0 Å². The fourth-order valence-electron chi connectivity index (χ4n) is 2.44. The minimum atomic E-state index is -1.10. The normalized spacial score (nSPS) is 13.6. The highest BCUT2D eigenvalue weighted by Crippen LogP contribution is 2.43. The summed E-state index contributed by atoms with van der Waals surface area (Å²) in [5.41, 5.74) is -0.115. The SMILES string of the molecule is C=CCC(C#N)(C#N)C(c1ccccc1)C(C)C=C. The predicted molar refractivity (Wildman–Crippen MR) is 77.0 cm³/mol. The average molecular weight is 250 g/mol. The van der Waals surface area contributed by atoms with E-state index in [0.717, 1.165) is 5.56 Å². The topological polar surface area (TPSA) is 47.6 Å². The van der Waals surface area contributed by atoms with Crippen LogP contribution >= 0.6 is 0 Å². The van der Waals surface area contributed by atoms with Gasteiger partial charge in [0.15, 0.2) is 5.41 Å². The van der Waals surface area contributed by atoms with Gasteiger partial charge in [-0.25, -0.2) is 0 Å². The number of hydrogen-bond acceptors (Lipinski definition) is 2. The molecule has 19 heavy (non-hydrogen) atoms. The van der Waals surface area contributed by atoms with Crippen molar-refractivity contribution in [3.8, 4) is 12.1 Å². The fraction of sp³-hybridized carbons (Fsp3) is 0.294. The Bertz CT molecular complexity index is 502. The smallest absolute Gasteiger partial charge is 0.154 e. The van der Waals surface area contributed by atoms with Crippen LogP contribution in [0.2, 0.25) is 0 Å². The van der Waals surface area contributed by atoms with Gasteiger partial charge in [-0.1, -0.05) is 49.4 Å². The standard InChI is InChI=1S/C17H18N2/c1-4-11-17(12-18,13-19)16(14(3)5-2)15-9-7-6-8-10-15/h4-10,14,16H,1-2,11H2,3H3. The van der Waals surface area contributed by atoms with Crippen molar-refractivity contribution in [2.45, 2.75) is 19.3 Å². The molecule has 0 amide bonds. The molecule has 2 unspecified atom stereocenters. The van der Waals surface area contributed by atoms with Gasteiger partial charge in [-0.05, 0) is 17.9 Å². The van der Waals surface area contributed by atoms with Gasteiger partial charge in [-0.15, -0.1) is 13.2 Å². The Morgan fingerprint density at radius 1 is 1.21 bits per heavy atom. The second-order valence-corrected chi connectivity index (χ2v) is 4.67. The first-order valence-electron chi connectivity index (χ1n) is 6.26. The van der Waals surface area contributed by atoms with Crippen LogP contribution in [0.5, 0.6) is 0 Å². The van der Waals surface area contributed by atoms with Crippen molar-refractivity contribution >= 4 is 0 Å². The Morgan fingerprint density at radius 3 is 2.21 bits per heavy atom. The van der Waals surface area contributed by atoms with Gasteiger partial charge < -0.3 is 0 Å². The first-order valence-corrected chi connectivity index (χ1v) is 6.26. The second-order valence-electron chi connectivity index (χ2n) is 4.67. The van der Waals surface area contributed by atoms with Crippen molar-refractivity contribution in [1.82, 2.24) is 0 Å². The lowest BCUT2D eigenvalue weighted by Gasteiger charge is -2.32. The zero-order valence-corrected chi connectivity index (χ0v) is 11.2. The maximum Gasteiger partial charge on any atom is 0.154 e. The summed E-state index contributed by atoms with van der Waals surface area (Å²) in [5.74, 6) is -0.180. The number of nitrogens with zero attached hydrogens (tertiary/aromatic N) is 2. The van der Waals surface area contributed by atoms with Gasteiger partial charge in [-0.2, -0.15) is 10.5 Å². The van der Waals surface area contributed by atoms with E-state index in [2.05, 4.69) is 25.3 Å². The summed E-state index contributed by atoms with van der Waals surface area (Å²) in [5, 5.41) is 19.1. The molecule has 0 heterocycles. The summed E-state index contributed by atoms with van der Waals surface area (Å²) in [7, 11) is 0. The highest BCUT2D eigenvalue weighted by Gasteiger charge is 2.41. The van der Waals surface area contributed by atoms with Crippen LogP contribution in [0.4, 0.5) is 0 Å². The van der Waals surface area contributed by atoms with Crippen molar-refractivity contribution < 1.29 is 0 Å². The van der Waals surface area contributed by atoms with E-state index in [1.165, 1.54) is 0 Å². The van der Waals surface area contributed by atoms with Crippen LogP contribution < -0.4 is 0 Å². The maximum atomic E-state index is 9.53. The summed E-state index contributed by atoms with van der Waals surface area (Å²) in [6.45, 7) is 9.46. The zero-order valence-electron chi connectivity index (χ0n) is 11.2. The Balaban J connectivity index is 3.40. The molecule has 0 aliphatic rings. The zero-order chi connectivity index (χ0) is 14.3. The van der Waals surface area contributed by atoms with Crippen molar-refractivity contribution in [2.24, 2.45) is 11.3 Å². The molecule has 96 valence electrons. The summed E-state index contributed by atoms with van der Waals surface area (Å²) in [6, 6.07) is 14.1. The molecule has 0 radical (unpaired) electrons. The molecule has 1 rings (SSSR count). The first-order chi connectivity index (χ1) is 9.15. The summed E-state index contributed by atoms with van der Waals surface area (Å²) in [6.07, 6.45) is 3.78. The van der Waals surface area contributed by atoms with Gasteiger partial charge in [-0.3, -0.25) is 0 Å². The number of rotatable bonds is 6. The van der Waals surface area contributed by atoms with Crippen LogP contribution in [0.15, 0.2) is 55.6 Å². The summed E-state index contributed by atoms with van der Waals surface area (Å²) < 4.78 is 0. The minimum absolute atomic E-state index is 0.0293. The molecule has 0 saturated heterocycles. The third-order valence-corrected chi connectivity index (χ3v) is 3.45. The molecule has 1 aromatic rings. The Hall–Kier alpha value is -2.32. The Morgan fingerprint density at radius 2 is 1.79 bits per heavy atom. The van der Waals surface area contributed by atoms with E-state index < -0.39 is 5.41 Å². The van der Waals surface area contributed by atoms with Gasteiger partial charge in [0.2, 0.25) is 0 Å². The summed E-state index contributed by atoms with van der Waals surface area (Å²) >= 11 is 0. The van der Waals surface area contributed by atoms with E-state index in [0.29, 0.717) is 6.42 Å². The van der Waals surface area contributed by atoms with E-state index in [1.807, 2.05) is 37.3 Å². The molecule has 2 atom stereocenters. The van der Waals surface area contributed by atoms with Gasteiger partial charge in [0.25, 0.3) is 0 Å². The van der Waals surface area contributed by atoms with Crippen LogP contribution in [0, 0.1) is 34.0 Å². The predicted octanol–water partition coefficient (Wildman–Crippen LogP) is 4.20. The third-order valence-electron chi connectivity index (χ3n) is 3.45. The fourth-order valence-corrected chi connectivity index (χ4v) is 2.44. The van der Waals surface area contributed by atoms with E-state index in [1.54, 1.807) is 12.2 Å². The van der Waals surface area contributed by atoms with E-state index >= 15 is 0 Å². The highest BCUT2D eigenvalue weighted by molar-refractivity contribution is 5.33. The highest BCUT2D eigenvalue weighted by atomic mass is 14.5. The van der Waals surface area contributed by atoms with E-state index in [-0.39, 0.29) is 11.8 Å². The molecule has 0 aromatic heterocycles. The number of allylic oxidation sites excluding steroid dienone is 2. The van der Waals surface area contributed by atoms with Crippen LogP contribution in [0.1, 0.15) is 24.8 Å². The van der Waals surface area contributed by atoms with Gasteiger partial charge in [0.1, 0.15) is 0 Å². The van der Waals surface area contributed by atoms with Crippen molar-refractivity contribution in [3.05, 3.63) is 61.2 Å². The molecule has 0 N–H and O–H groups in total. The monoisotopic (exact) mass is 250 g/mol. The lowest BCUT2D eigenvalue weighted by atomic mass is 9.66. The molecule has 1 aromatic carbocycles. The van der Waals surface area contributed by atoms with Gasteiger partial charge in [0.05, 0.1) is 12.1 Å². The molecular formula is C17H18N2. The van der Waals surface area contributed by atoms with Crippen LogP contribution in [0.3, 0.4) is 0 Å². The summed E-state index contributed by atoms with van der Waals surface area (Å²) in [4.78, 5) is 0. The minimum Gasteiger partial charge on any atom is -0.197 e. The van der Waals surface area contributed by atoms with Crippen molar-refractivity contribution in [3.63, 3.8) is 0 Å². The molecule has 0 aliphatic heterocycles. The van der Waals surface area contributed by atoms with E-state index in [4.69, 9.17) is 0 Å².